The molecule has 2 spiro atoms. The molecule has 6 nitrogen and oxygen atoms in total. The van der Waals surface area contributed by atoms with Crippen molar-refractivity contribution in [1.82, 2.24) is 14.9 Å². The van der Waals surface area contributed by atoms with Gasteiger partial charge in [-0.3, -0.25) is 0 Å². The summed E-state index contributed by atoms with van der Waals surface area (Å²) in [6.07, 6.45) is 4.55. The van der Waals surface area contributed by atoms with Crippen LogP contribution in [0.1, 0.15) is 57.4 Å². The van der Waals surface area contributed by atoms with Crippen molar-refractivity contribution in [2.75, 3.05) is 14.1 Å². The zero-order valence-electron chi connectivity index (χ0n) is 21.6. The molecule has 3 unspecified atom stereocenters. The topological polar surface area (TPSA) is 78.7 Å². The maximum Gasteiger partial charge on any atom is 0.171 e. The molecule has 2 saturated heterocycles. The Kier molecular flexibility index (Phi) is 4.78. The Morgan fingerprint density at radius 3 is 2.70 bits per heavy atom. The molecular formula is C29H35F2N3O3. The number of hydrogen-bond donors (Lipinski definition) is 2. The molecule has 4 fully saturated rings. The van der Waals surface area contributed by atoms with Crippen LogP contribution in [-0.4, -0.2) is 80.0 Å². The lowest BCUT2D eigenvalue weighted by Crippen LogP contribution is -2.78. The van der Waals surface area contributed by atoms with Crippen LogP contribution in [0.4, 0.5) is 8.78 Å². The van der Waals surface area contributed by atoms with Crippen molar-refractivity contribution >= 4 is 16.5 Å². The molecular weight excluding hydrogens is 476 g/mol. The lowest BCUT2D eigenvalue weighted by atomic mass is 9.51. The molecule has 9 atom stereocenters. The van der Waals surface area contributed by atoms with E-state index in [4.69, 9.17) is 4.74 Å². The number of aliphatic hydroxyl groups is 2. The number of alkyl halides is 2. The SMILES string of the molecule is CN(C)[C@H]1C[C@@]23CC[C@]4(O2)C2CC=C(c5ccc6cncnc6c5)[C@@]2(C)CCC4(F)CC3(F)[C@@H](O)[C@@H]1O. The number of aliphatic hydroxyl groups excluding tert-OH is 2. The van der Waals surface area contributed by atoms with E-state index in [-0.39, 0.29) is 24.2 Å². The highest BCUT2D eigenvalue weighted by Gasteiger charge is 2.82. The maximum absolute atomic E-state index is 17.2. The number of benzene rings is 1. The molecule has 1 aromatic carbocycles. The molecule has 0 radical (unpaired) electrons. The monoisotopic (exact) mass is 511 g/mol. The third-order valence-corrected chi connectivity index (χ3v) is 11.1. The minimum Gasteiger partial charge on any atom is -0.389 e. The normalized spacial score (nSPS) is 48.5. The van der Waals surface area contributed by atoms with E-state index in [2.05, 4.69) is 35.1 Å². The summed E-state index contributed by atoms with van der Waals surface area (Å²) in [6, 6.07) is 5.73. The van der Waals surface area contributed by atoms with E-state index in [9.17, 15) is 10.2 Å². The Morgan fingerprint density at radius 1 is 1.11 bits per heavy atom. The molecule has 5 aliphatic rings. The van der Waals surface area contributed by atoms with Gasteiger partial charge in [0.15, 0.2) is 5.67 Å². The van der Waals surface area contributed by atoms with Gasteiger partial charge in [-0.05, 0) is 75.2 Å². The summed E-state index contributed by atoms with van der Waals surface area (Å²) in [5, 5.41) is 22.8. The molecule has 198 valence electrons. The van der Waals surface area contributed by atoms with Crippen molar-refractivity contribution in [3.63, 3.8) is 0 Å². The van der Waals surface area contributed by atoms with Crippen LogP contribution in [0.25, 0.3) is 16.5 Å². The lowest BCUT2D eigenvalue weighted by Gasteiger charge is -2.65. The molecule has 2 aromatic rings. The summed E-state index contributed by atoms with van der Waals surface area (Å²) in [5.41, 5.74) is -3.86. The fourth-order valence-corrected chi connectivity index (χ4v) is 9.11. The highest BCUT2D eigenvalue weighted by molar-refractivity contribution is 5.84. The van der Waals surface area contributed by atoms with Crippen LogP contribution in [0.5, 0.6) is 0 Å². The fourth-order valence-electron chi connectivity index (χ4n) is 9.11. The number of fused-ring (bicyclic) bond motifs is 2. The molecule has 0 amide bonds. The van der Waals surface area contributed by atoms with Gasteiger partial charge in [0.2, 0.25) is 0 Å². The molecule has 2 aliphatic heterocycles. The van der Waals surface area contributed by atoms with Gasteiger partial charge in [0.05, 0.1) is 11.6 Å². The molecule has 37 heavy (non-hydrogen) atoms. The first-order valence-electron chi connectivity index (χ1n) is 13.5. The van der Waals surface area contributed by atoms with Crippen LogP contribution in [0.15, 0.2) is 36.8 Å². The Labute approximate surface area is 215 Å². The highest BCUT2D eigenvalue weighted by atomic mass is 19.2. The van der Waals surface area contributed by atoms with Gasteiger partial charge in [0, 0.05) is 30.0 Å². The Morgan fingerprint density at radius 2 is 1.92 bits per heavy atom. The largest absolute Gasteiger partial charge is 0.389 e. The number of likely N-dealkylation sites (N-methyl/N-ethyl adjacent to an activating group) is 1. The van der Waals surface area contributed by atoms with E-state index in [1.54, 1.807) is 12.5 Å². The average molecular weight is 512 g/mol. The van der Waals surface area contributed by atoms with E-state index in [0.717, 1.165) is 16.5 Å². The van der Waals surface area contributed by atoms with Gasteiger partial charge in [-0.25, -0.2) is 18.7 Å². The number of hydrogen-bond acceptors (Lipinski definition) is 6. The predicted molar refractivity (Wildman–Crippen MR) is 135 cm³/mol. The number of nitrogens with zero attached hydrogens (tertiary/aromatic N) is 3. The quantitative estimate of drug-likeness (QED) is 0.635. The second-order valence-corrected chi connectivity index (χ2v) is 12.8. The molecule has 2 bridgehead atoms. The second-order valence-electron chi connectivity index (χ2n) is 12.8. The summed E-state index contributed by atoms with van der Waals surface area (Å²) in [4.78, 5) is 10.4. The molecule has 8 heteroatoms. The van der Waals surface area contributed by atoms with Crippen LogP contribution < -0.4 is 0 Å². The van der Waals surface area contributed by atoms with Gasteiger partial charge in [-0.15, -0.1) is 0 Å². The zero-order chi connectivity index (χ0) is 26.0. The predicted octanol–water partition coefficient (Wildman–Crippen LogP) is 4.00. The molecule has 1 aromatic heterocycles. The van der Waals surface area contributed by atoms with Crippen LogP contribution in [-0.2, 0) is 4.74 Å². The summed E-state index contributed by atoms with van der Waals surface area (Å²) in [5.74, 6) is -0.138. The van der Waals surface area contributed by atoms with Gasteiger partial charge in [-0.1, -0.05) is 25.1 Å². The Balaban J connectivity index is 1.29. The number of halogens is 2. The Hall–Kier alpha value is -2.00. The van der Waals surface area contributed by atoms with Crippen LogP contribution in [0.3, 0.4) is 0 Å². The number of allylic oxidation sites excluding steroid dienone is 2. The first kappa shape index (κ1) is 24.1. The zero-order valence-corrected chi connectivity index (χ0v) is 21.6. The van der Waals surface area contributed by atoms with Crippen molar-refractivity contribution in [2.24, 2.45) is 11.3 Å². The first-order valence-corrected chi connectivity index (χ1v) is 13.5. The van der Waals surface area contributed by atoms with Crippen molar-refractivity contribution in [2.45, 2.75) is 92.7 Å². The van der Waals surface area contributed by atoms with Crippen molar-refractivity contribution in [1.29, 1.82) is 0 Å². The third kappa shape index (κ3) is 2.78. The minimum atomic E-state index is -2.33. The summed E-state index contributed by atoms with van der Waals surface area (Å²) >= 11 is 0. The number of rotatable bonds is 2. The van der Waals surface area contributed by atoms with E-state index in [1.807, 2.05) is 25.1 Å². The van der Waals surface area contributed by atoms with Crippen molar-refractivity contribution < 1.29 is 23.7 Å². The molecule has 3 heterocycles. The fraction of sp³-hybridized carbons (Fsp3) is 0.655. The smallest absolute Gasteiger partial charge is 0.171 e. The standard InChI is InChI=1S/C29H35F2N3O3/c1-25-8-9-26(30)15-28(31)24(36)23(35)21(34(2)3)13-27(28)10-11-29(26,37-27)22(25)7-6-19(25)17-4-5-18-14-32-16-33-20(18)12-17/h4-6,12,14,16,21-24,35-36H,7-11,13,15H2,1-3H3/t21-,22?,23+,24-,25+,26?,27+,28?,29-/m0/s1. The van der Waals surface area contributed by atoms with Crippen LogP contribution in [0, 0.1) is 11.3 Å². The molecule has 2 saturated carbocycles. The second kappa shape index (κ2) is 7.34. The third-order valence-electron chi connectivity index (χ3n) is 11.1. The van der Waals surface area contributed by atoms with E-state index in [0.29, 0.717) is 25.7 Å². The van der Waals surface area contributed by atoms with Gasteiger partial charge in [0.25, 0.3) is 0 Å². The van der Waals surface area contributed by atoms with Gasteiger partial charge in [0.1, 0.15) is 29.3 Å². The summed E-state index contributed by atoms with van der Waals surface area (Å²) < 4.78 is 40.9. The summed E-state index contributed by atoms with van der Waals surface area (Å²) in [7, 11) is 3.63. The van der Waals surface area contributed by atoms with Crippen LogP contribution in [0.2, 0.25) is 0 Å². The number of ether oxygens (including phenoxy) is 1. The molecule has 7 rings (SSSR count). The van der Waals surface area contributed by atoms with Gasteiger partial charge in [-0.2, -0.15) is 0 Å². The highest BCUT2D eigenvalue weighted by Crippen LogP contribution is 2.74. The van der Waals surface area contributed by atoms with E-state index >= 15 is 8.78 Å². The molecule has 3 aliphatic carbocycles. The average Bonchev–Trinajstić information content (AvgIpc) is 3.42. The minimum absolute atomic E-state index is 0.138. The maximum atomic E-state index is 17.2. The first-order chi connectivity index (χ1) is 17.5. The van der Waals surface area contributed by atoms with Crippen molar-refractivity contribution in [3.05, 3.63) is 42.4 Å². The van der Waals surface area contributed by atoms with E-state index in [1.165, 1.54) is 5.57 Å². The molecule has 2 N–H and O–H groups in total. The van der Waals surface area contributed by atoms with Crippen molar-refractivity contribution in [3.8, 4) is 0 Å². The van der Waals surface area contributed by atoms with Gasteiger partial charge >= 0.3 is 0 Å². The number of aromatic nitrogens is 2. The summed E-state index contributed by atoms with van der Waals surface area (Å²) in [6.45, 7) is 2.21. The van der Waals surface area contributed by atoms with Gasteiger partial charge < -0.3 is 19.8 Å². The van der Waals surface area contributed by atoms with E-state index < -0.39 is 47.2 Å². The lowest BCUT2D eigenvalue weighted by molar-refractivity contribution is -0.347. The van der Waals surface area contributed by atoms with Crippen LogP contribution >= 0.6 is 0 Å². The Bertz CT molecular complexity index is 1320.